The van der Waals surface area contributed by atoms with Gasteiger partial charge in [-0.3, -0.25) is 0 Å². The van der Waals surface area contributed by atoms with Crippen LogP contribution in [-0.2, 0) is 6.42 Å². The van der Waals surface area contributed by atoms with E-state index in [4.69, 9.17) is 4.42 Å². The molecule has 2 aromatic heterocycles. The molecule has 2 nitrogen and oxygen atoms in total. The number of fused-ring (bicyclic) bond motifs is 8. The Bertz CT molecular complexity index is 3560. The third kappa shape index (κ3) is 6.12. The van der Waals surface area contributed by atoms with Gasteiger partial charge in [-0.15, -0.1) is 0 Å². The molecule has 0 amide bonds. The highest BCUT2D eigenvalue weighted by molar-refractivity contribution is 6.19. The van der Waals surface area contributed by atoms with Gasteiger partial charge in [0.15, 0.2) is 0 Å². The van der Waals surface area contributed by atoms with Crippen LogP contribution in [0.1, 0.15) is 11.1 Å². The fourth-order valence-corrected chi connectivity index (χ4v) is 9.38. The number of nitrogens with zero attached hydrogens (tertiary/aromatic N) is 1. The summed E-state index contributed by atoms with van der Waals surface area (Å²) in [5, 5.41) is 7.37. The highest BCUT2D eigenvalue weighted by Crippen LogP contribution is 2.39. The van der Waals surface area contributed by atoms with E-state index in [-0.39, 0.29) is 0 Å². The average Bonchev–Trinajstić information content (AvgIpc) is 3.89. The van der Waals surface area contributed by atoms with E-state index >= 15 is 0 Å². The van der Waals surface area contributed by atoms with Gasteiger partial charge in [0.1, 0.15) is 11.2 Å². The second-order valence-corrected chi connectivity index (χ2v) is 16.1. The molecule has 0 fully saturated rings. The lowest BCUT2D eigenvalue weighted by atomic mass is 9.95. The number of hydrogen-bond donors (Lipinski definition) is 0. The second-order valence-electron chi connectivity index (χ2n) is 16.1. The molecule has 0 spiro atoms. The lowest BCUT2D eigenvalue weighted by Gasteiger charge is -2.10. The van der Waals surface area contributed by atoms with Gasteiger partial charge in [-0.2, -0.15) is 0 Å². The van der Waals surface area contributed by atoms with Crippen LogP contribution in [-0.4, -0.2) is 4.57 Å². The molecule has 0 unspecified atom stereocenters. The second kappa shape index (κ2) is 14.4. The van der Waals surface area contributed by atoms with E-state index in [9.17, 15) is 0 Å². The molecule has 0 saturated heterocycles. The molecule has 0 atom stereocenters. The molecule has 12 rings (SSSR count). The van der Waals surface area contributed by atoms with E-state index in [0.29, 0.717) is 0 Å². The summed E-state index contributed by atoms with van der Waals surface area (Å²) in [5.41, 5.74) is 17.6. The number of hydrogen-bond acceptors (Lipinski definition) is 1. The minimum absolute atomic E-state index is 0.803. The number of para-hydroxylation sites is 2. The van der Waals surface area contributed by atoms with Gasteiger partial charge in [0.25, 0.3) is 0 Å². The molecule has 10 aromatic carbocycles. The Labute approximate surface area is 354 Å². The van der Waals surface area contributed by atoms with Crippen LogP contribution in [0, 0.1) is 0 Å². The molecule has 0 aliphatic heterocycles. The molecular weight excluding hydrogens is 739 g/mol. The van der Waals surface area contributed by atoms with Crippen LogP contribution < -0.4 is 0 Å². The molecule has 286 valence electrons. The molecule has 2 heteroatoms. The zero-order valence-corrected chi connectivity index (χ0v) is 33.4. The minimum Gasteiger partial charge on any atom is -0.456 e. The van der Waals surface area contributed by atoms with Crippen molar-refractivity contribution in [1.82, 2.24) is 4.57 Å². The van der Waals surface area contributed by atoms with Crippen LogP contribution in [0.4, 0.5) is 0 Å². The topological polar surface area (TPSA) is 18.1 Å². The maximum Gasteiger partial charge on any atom is 0.139 e. The zero-order chi connectivity index (χ0) is 40.3. The Morgan fingerprint density at radius 2 is 0.836 bits per heavy atom. The van der Waals surface area contributed by atoms with E-state index in [1.807, 2.05) is 6.07 Å². The van der Waals surface area contributed by atoms with Crippen molar-refractivity contribution in [3.63, 3.8) is 0 Å². The smallest absolute Gasteiger partial charge is 0.139 e. The van der Waals surface area contributed by atoms with Gasteiger partial charge in [0.05, 0.1) is 11.0 Å². The summed E-state index contributed by atoms with van der Waals surface area (Å²) in [5.74, 6) is 0. The van der Waals surface area contributed by atoms with Gasteiger partial charge in [0.2, 0.25) is 0 Å². The predicted molar refractivity (Wildman–Crippen MR) is 257 cm³/mol. The molecule has 0 aliphatic carbocycles. The summed E-state index contributed by atoms with van der Waals surface area (Å²) in [7, 11) is 0. The Morgan fingerprint density at radius 3 is 1.52 bits per heavy atom. The first-order valence-corrected chi connectivity index (χ1v) is 21.0. The summed E-state index contributed by atoms with van der Waals surface area (Å²) >= 11 is 0. The number of aromatic nitrogens is 1. The fourth-order valence-electron chi connectivity index (χ4n) is 9.38. The van der Waals surface area contributed by atoms with Crippen LogP contribution >= 0.6 is 0 Å². The summed E-state index contributed by atoms with van der Waals surface area (Å²) in [6.45, 7) is 0. The normalized spacial score (nSPS) is 11.7. The van der Waals surface area contributed by atoms with Crippen LogP contribution in [0.5, 0.6) is 0 Å². The van der Waals surface area contributed by atoms with E-state index in [0.717, 1.165) is 23.3 Å². The van der Waals surface area contributed by atoms with E-state index in [1.54, 1.807) is 0 Å². The molecule has 2 heterocycles. The van der Waals surface area contributed by atoms with Crippen LogP contribution in [0.2, 0.25) is 0 Å². The van der Waals surface area contributed by atoms with Gasteiger partial charge in [-0.1, -0.05) is 182 Å². The van der Waals surface area contributed by atoms with Crippen molar-refractivity contribution in [2.24, 2.45) is 0 Å². The molecule has 61 heavy (non-hydrogen) atoms. The summed E-state index contributed by atoms with van der Waals surface area (Å²) < 4.78 is 8.87. The van der Waals surface area contributed by atoms with Crippen LogP contribution in [0.25, 0.3) is 105 Å². The lowest BCUT2D eigenvalue weighted by Crippen LogP contribution is -1.93. The summed E-state index contributed by atoms with van der Waals surface area (Å²) in [6, 6.07) is 81.3. The van der Waals surface area contributed by atoms with Gasteiger partial charge in [-0.25, -0.2) is 0 Å². The number of rotatable bonds is 7. The van der Waals surface area contributed by atoms with Crippen molar-refractivity contribution in [1.29, 1.82) is 0 Å². The largest absolute Gasteiger partial charge is 0.456 e. The molecule has 0 aliphatic rings. The maximum absolute atomic E-state index is 6.49. The fraction of sp³-hybridized carbons (Fsp3) is 0.0169. The average molecular weight is 778 g/mol. The molecule has 0 saturated carbocycles. The highest BCUT2D eigenvalue weighted by atomic mass is 16.3. The van der Waals surface area contributed by atoms with E-state index in [2.05, 4.69) is 223 Å². The van der Waals surface area contributed by atoms with E-state index in [1.165, 1.54) is 99.0 Å². The van der Waals surface area contributed by atoms with Crippen LogP contribution in [0.3, 0.4) is 0 Å². The Hall–Kier alpha value is -7.94. The van der Waals surface area contributed by atoms with Crippen molar-refractivity contribution in [3.8, 4) is 50.2 Å². The van der Waals surface area contributed by atoms with Crippen molar-refractivity contribution in [3.05, 3.63) is 236 Å². The maximum atomic E-state index is 6.49. The van der Waals surface area contributed by atoms with Crippen LogP contribution in [0.15, 0.2) is 229 Å². The zero-order valence-electron chi connectivity index (χ0n) is 33.4. The molecule has 12 aromatic rings. The predicted octanol–water partition coefficient (Wildman–Crippen LogP) is 16.1. The standard InChI is InChI=1S/C59H39NO/c1-2-10-40(11-3-1)45-30-33-50(34-31-45)60-55-16-8-6-14-52(55)54-38-47(32-35-56(54)60)46-28-26-44(27-29-46)43-24-22-42(23-25-43)41-20-18-39(19-21-41)36-49-37-48-12-4-5-13-51(48)58-53-15-7-9-17-57(53)61-59(49)58/h1-35,37-38H,36H2. The lowest BCUT2D eigenvalue weighted by molar-refractivity contribution is 0.664. The number of benzene rings is 10. The highest BCUT2D eigenvalue weighted by Gasteiger charge is 2.16. The first kappa shape index (κ1) is 35.0. The third-order valence-electron chi connectivity index (χ3n) is 12.5. The Balaban J connectivity index is 0.787. The Kier molecular flexibility index (Phi) is 8.28. The van der Waals surface area contributed by atoms with Gasteiger partial charge >= 0.3 is 0 Å². The molecular formula is C59H39NO. The van der Waals surface area contributed by atoms with Crippen molar-refractivity contribution in [2.45, 2.75) is 6.42 Å². The third-order valence-corrected chi connectivity index (χ3v) is 12.5. The summed E-state index contributed by atoms with van der Waals surface area (Å²) in [4.78, 5) is 0. The van der Waals surface area contributed by atoms with Gasteiger partial charge in [0, 0.05) is 39.2 Å². The quantitative estimate of drug-likeness (QED) is 0.158. The van der Waals surface area contributed by atoms with E-state index < -0.39 is 0 Å². The monoisotopic (exact) mass is 777 g/mol. The number of furan rings is 1. The van der Waals surface area contributed by atoms with Crippen molar-refractivity contribution < 1.29 is 4.42 Å². The first-order valence-electron chi connectivity index (χ1n) is 21.0. The molecule has 0 N–H and O–H groups in total. The first-order chi connectivity index (χ1) is 30.2. The summed E-state index contributed by atoms with van der Waals surface area (Å²) in [6.07, 6.45) is 0.803. The Morgan fingerprint density at radius 1 is 0.344 bits per heavy atom. The SMILES string of the molecule is c1ccc(-c2ccc(-n3c4ccccc4c4cc(-c5ccc(-c6ccc(-c7ccc(Cc8cc9ccccc9c9c8oc8ccccc89)cc7)cc6)cc5)ccc43)cc2)cc1. The van der Waals surface area contributed by atoms with Crippen molar-refractivity contribution in [2.75, 3.05) is 0 Å². The van der Waals surface area contributed by atoms with Gasteiger partial charge < -0.3 is 8.98 Å². The minimum atomic E-state index is 0.803. The molecule has 0 radical (unpaired) electrons. The van der Waals surface area contributed by atoms with Crippen molar-refractivity contribution >= 4 is 54.5 Å². The van der Waals surface area contributed by atoms with Gasteiger partial charge in [-0.05, 0) is 103 Å². The molecule has 0 bridgehead atoms.